The molecular formula is C16H19N3O2. The predicted octanol–water partition coefficient (Wildman–Crippen LogP) is 3.58. The average Bonchev–Trinajstić information content (AvgIpc) is 2.46. The second-order valence-corrected chi connectivity index (χ2v) is 5.17. The number of non-ortho nitro benzene ring substituents is 1. The van der Waals surface area contributed by atoms with Crippen LogP contribution in [-0.2, 0) is 6.54 Å². The van der Waals surface area contributed by atoms with E-state index >= 15 is 0 Å². The molecule has 0 aromatic heterocycles. The summed E-state index contributed by atoms with van der Waals surface area (Å²) in [5.41, 5.74) is 4.23. The second-order valence-electron chi connectivity index (χ2n) is 5.17. The monoisotopic (exact) mass is 285 g/mol. The van der Waals surface area contributed by atoms with Crippen LogP contribution in [0.15, 0.2) is 42.5 Å². The first-order valence-electron chi connectivity index (χ1n) is 6.72. The van der Waals surface area contributed by atoms with Crippen LogP contribution in [0.2, 0.25) is 0 Å². The van der Waals surface area contributed by atoms with Crippen molar-refractivity contribution in [2.45, 2.75) is 13.5 Å². The van der Waals surface area contributed by atoms with E-state index in [4.69, 9.17) is 0 Å². The molecule has 0 aliphatic rings. The molecule has 0 spiro atoms. The van der Waals surface area contributed by atoms with Crippen molar-refractivity contribution >= 4 is 17.1 Å². The molecule has 0 fully saturated rings. The maximum atomic E-state index is 10.7. The Bertz CT molecular complexity index is 636. The third-order valence-electron chi connectivity index (χ3n) is 3.36. The number of hydrogen-bond acceptors (Lipinski definition) is 4. The summed E-state index contributed by atoms with van der Waals surface area (Å²) in [6, 6.07) is 13.1. The normalized spacial score (nSPS) is 10.2. The van der Waals surface area contributed by atoms with Crippen LogP contribution in [0, 0.1) is 17.0 Å². The molecule has 0 bridgehead atoms. The first kappa shape index (κ1) is 14.8. The standard InChI is InChI=1S/C16H19N3O2/c1-12-10-15(19(20)21)8-9-16(12)17-11-13-4-6-14(7-5-13)18(2)3/h4-10,17H,11H2,1-3H3. The first-order valence-corrected chi connectivity index (χ1v) is 6.72. The molecule has 5 heteroatoms. The lowest BCUT2D eigenvalue weighted by Gasteiger charge is -2.13. The van der Waals surface area contributed by atoms with E-state index in [1.807, 2.05) is 21.0 Å². The van der Waals surface area contributed by atoms with Gasteiger partial charge in [0, 0.05) is 44.1 Å². The molecule has 2 aromatic rings. The van der Waals surface area contributed by atoms with E-state index in [9.17, 15) is 10.1 Å². The Balaban J connectivity index is 2.04. The predicted molar refractivity (Wildman–Crippen MR) is 85.9 cm³/mol. The Hall–Kier alpha value is -2.56. The molecule has 2 rings (SSSR count). The lowest BCUT2D eigenvalue weighted by molar-refractivity contribution is -0.384. The third kappa shape index (κ3) is 3.72. The Labute approximate surface area is 124 Å². The fourth-order valence-corrected chi connectivity index (χ4v) is 2.07. The van der Waals surface area contributed by atoms with E-state index in [-0.39, 0.29) is 10.6 Å². The summed E-state index contributed by atoms with van der Waals surface area (Å²) in [7, 11) is 4.01. The molecular weight excluding hydrogens is 266 g/mol. The molecule has 110 valence electrons. The zero-order valence-corrected chi connectivity index (χ0v) is 12.5. The molecule has 0 radical (unpaired) electrons. The van der Waals surface area contributed by atoms with Crippen molar-refractivity contribution < 1.29 is 4.92 Å². The zero-order valence-electron chi connectivity index (χ0n) is 12.5. The molecule has 0 heterocycles. The minimum Gasteiger partial charge on any atom is -0.381 e. The van der Waals surface area contributed by atoms with Gasteiger partial charge in [-0.1, -0.05) is 12.1 Å². The number of nitrogens with one attached hydrogen (secondary N) is 1. The molecule has 2 aromatic carbocycles. The zero-order chi connectivity index (χ0) is 15.4. The third-order valence-corrected chi connectivity index (χ3v) is 3.36. The van der Waals surface area contributed by atoms with Gasteiger partial charge in [-0.15, -0.1) is 0 Å². The van der Waals surface area contributed by atoms with Gasteiger partial charge in [0.05, 0.1) is 4.92 Å². The van der Waals surface area contributed by atoms with Crippen LogP contribution in [0.25, 0.3) is 0 Å². The lowest BCUT2D eigenvalue weighted by Crippen LogP contribution is -2.08. The topological polar surface area (TPSA) is 58.4 Å². The molecule has 5 nitrogen and oxygen atoms in total. The van der Waals surface area contributed by atoms with Crippen LogP contribution in [0.1, 0.15) is 11.1 Å². The highest BCUT2D eigenvalue weighted by Gasteiger charge is 2.07. The molecule has 21 heavy (non-hydrogen) atoms. The summed E-state index contributed by atoms with van der Waals surface area (Å²) < 4.78 is 0. The Morgan fingerprint density at radius 3 is 2.33 bits per heavy atom. The van der Waals surface area contributed by atoms with Crippen molar-refractivity contribution in [2.75, 3.05) is 24.3 Å². The molecule has 1 N–H and O–H groups in total. The Morgan fingerprint density at radius 1 is 1.14 bits per heavy atom. The maximum absolute atomic E-state index is 10.7. The van der Waals surface area contributed by atoms with Crippen molar-refractivity contribution in [3.05, 3.63) is 63.7 Å². The number of aryl methyl sites for hydroxylation is 1. The highest BCUT2D eigenvalue weighted by Crippen LogP contribution is 2.22. The summed E-state index contributed by atoms with van der Waals surface area (Å²) in [6.07, 6.45) is 0. The van der Waals surface area contributed by atoms with Crippen LogP contribution in [0.3, 0.4) is 0 Å². The summed E-state index contributed by atoms with van der Waals surface area (Å²) in [4.78, 5) is 12.4. The van der Waals surface area contributed by atoms with Gasteiger partial charge >= 0.3 is 0 Å². The van der Waals surface area contributed by atoms with E-state index in [0.29, 0.717) is 6.54 Å². The van der Waals surface area contributed by atoms with Crippen LogP contribution >= 0.6 is 0 Å². The lowest BCUT2D eigenvalue weighted by atomic mass is 10.1. The quantitative estimate of drug-likeness (QED) is 0.674. The van der Waals surface area contributed by atoms with Crippen LogP contribution in [0.4, 0.5) is 17.1 Å². The van der Waals surface area contributed by atoms with Crippen molar-refractivity contribution in [1.29, 1.82) is 0 Å². The van der Waals surface area contributed by atoms with Gasteiger partial charge in [0.15, 0.2) is 0 Å². The maximum Gasteiger partial charge on any atom is 0.269 e. The minimum absolute atomic E-state index is 0.119. The number of nitro benzene ring substituents is 1. The van der Waals surface area contributed by atoms with Crippen LogP contribution < -0.4 is 10.2 Å². The summed E-state index contributed by atoms with van der Waals surface area (Å²) in [6.45, 7) is 2.55. The van der Waals surface area contributed by atoms with Gasteiger partial charge in [-0.05, 0) is 36.2 Å². The van der Waals surface area contributed by atoms with Crippen LogP contribution in [0.5, 0.6) is 0 Å². The van der Waals surface area contributed by atoms with E-state index in [0.717, 1.165) is 16.9 Å². The van der Waals surface area contributed by atoms with Gasteiger partial charge in [0.1, 0.15) is 0 Å². The molecule has 0 atom stereocenters. The molecule has 0 amide bonds. The molecule has 0 unspecified atom stereocenters. The fraction of sp³-hybridized carbons (Fsp3) is 0.250. The van der Waals surface area contributed by atoms with Gasteiger partial charge in [-0.25, -0.2) is 0 Å². The number of rotatable bonds is 5. The van der Waals surface area contributed by atoms with E-state index in [1.165, 1.54) is 11.6 Å². The van der Waals surface area contributed by atoms with Gasteiger partial charge in [0.2, 0.25) is 0 Å². The SMILES string of the molecule is Cc1cc([N+](=O)[O-])ccc1NCc1ccc(N(C)C)cc1. The number of benzene rings is 2. The smallest absolute Gasteiger partial charge is 0.269 e. The van der Waals surface area contributed by atoms with E-state index in [1.54, 1.807) is 12.1 Å². The number of hydrogen-bond donors (Lipinski definition) is 1. The highest BCUT2D eigenvalue weighted by molar-refractivity contribution is 5.56. The average molecular weight is 285 g/mol. The summed E-state index contributed by atoms with van der Waals surface area (Å²) in [5, 5.41) is 14.0. The molecule has 0 saturated heterocycles. The molecule has 0 aliphatic heterocycles. The second kappa shape index (κ2) is 6.26. The minimum atomic E-state index is -0.378. The van der Waals surface area contributed by atoms with Gasteiger partial charge < -0.3 is 10.2 Å². The van der Waals surface area contributed by atoms with Gasteiger partial charge in [-0.2, -0.15) is 0 Å². The van der Waals surface area contributed by atoms with Crippen molar-refractivity contribution in [2.24, 2.45) is 0 Å². The van der Waals surface area contributed by atoms with Gasteiger partial charge in [0.25, 0.3) is 5.69 Å². The Kier molecular flexibility index (Phi) is 4.42. The summed E-state index contributed by atoms with van der Waals surface area (Å²) in [5.74, 6) is 0. The van der Waals surface area contributed by atoms with E-state index < -0.39 is 0 Å². The highest BCUT2D eigenvalue weighted by atomic mass is 16.6. The van der Waals surface area contributed by atoms with Crippen molar-refractivity contribution in [1.82, 2.24) is 0 Å². The number of anilines is 2. The van der Waals surface area contributed by atoms with Gasteiger partial charge in [-0.3, -0.25) is 10.1 Å². The fourth-order valence-electron chi connectivity index (χ4n) is 2.07. The van der Waals surface area contributed by atoms with Crippen molar-refractivity contribution in [3.63, 3.8) is 0 Å². The van der Waals surface area contributed by atoms with Crippen LogP contribution in [-0.4, -0.2) is 19.0 Å². The van der Waals surface area contributed by atoms with Crippen molar-refractivity contribution in [3.8, 4) is 0 Å². The largest absolute Gasteiger partial charge is 0.381 e. The molecule has 0 saturated carbocycles. The molecule has 0 aliphatic carbocycles. The first-order chi connectivity index (χ1) is 9.97. The number of nitro groups is 1. The Morgan fingerprint density at radius 2 is 1.81 bits per heavy atom. The number of nitrogens with zero attached hydrogens (tertiary/aromatic N) is 2. The summed E-state index contributed by atoms with van der Waals surface area (Å²) >= 11 is 0. The van der Waals surface area contributed by atoms with E-state index in [2.05, 4.69) is 34.5 Å².